The van der Waals surface area contributed by atoms with Gasteiger partial charge in [0.2, 0.25) is 0 Å². The van der Waals surface area contributed by atoms with E-state index in [-0.39, 0.29) is 10.8 Å². The lowest BCUT2D eigenvalue weighted by molar-refractivity contribution is -0.119. The van der Waals surface area contributed by atoms with Gasteiger partial charge in [-0.3, -0.25) is 9.10 Å². The van der Waals surface area contributed by atoms with Crippen LogP contribution in [0.15, 0.2) is 65.6 Å². The molecule has 1 amide bonds. The topological polar surface area (TPSA) is 57.7 Å². The quantitative estimate of drug-likeness (QED) is 0.687. The number of para-hydroxylation sites is 1. The number of anilines is 2. The van der Waals surface area contributed by atoms with Crippen LogP contribution in [0.2, 0.25) is 0 Å². The summed E-state index contributed by atoms with van der Waals surface area (Å²) < 4.78 is 27.7. The van der Waals surface area contributed by atoms with E-state index < -0.39 is 16.1 Å². The van der Waals surface area contributed by atoms with E-state index >= 15 is 0 Å². The van der Waals surface area contributed by atoms with Gasteiger partial charge in [0.25, 0.3) is 15.9 Å². The van der Waals surface area contributed by atoms with Crippen molar-refractivity contribution < 1.29 is 13.2 Å². The zero-order valence-electron chi connectivity index (χ0n) is 14.8. The summed E-state index contributed by atoms with van der Waals surface area (Å²) in [6.45, 7) is 2.25. The van der Waals surface area contributed by atoms with E-state index in [4.69, 9.17) is 0 Å². The Hall–Kier alpha value is -2.86. The predicted octanol–water partition coefficient (Wildman–Crippen LogP) is 3.33. The molecule has 2 aliphatic heterocycles. The third kappa shape index (κ3) is 2.16. The summed E-state index contributed by atoms with van der Waals surface area (Å²) in [5.41, 5.74) is 2.57. The van der Waals surface area contributed by atoms with E-state index in [1.54, 1.807) is 30.0 Å². The average Bonchev–Trinajstić information content (AvgIpc) is 3.20. The third-order valence-corrected chi connectivity index (χ3v) is 7.41. The summed E-state index contributed by atoms with van der Waals surface area (Å²) in [7, 11) is -3.76. The SMILES string of the molecule is C[C@H](C(=O)N1CCc2ccccc21)N1c2cccc3cccc(c23)S1(=O)=O. The van der Waals surface area contributed by atoms with Gasteiger partial charge in [-0.25, -0.2) is 8.42 Å². The van der Waals surface area contributed by atoms with Crippen molar-refractivity contribution in [3.63, 3.8) is 0 Å². The fraction of sp³-hybridized carbons (Fsp3) is 0.190. The van der Waals surface area contributed by atoms with Crippen LogP contribution < -0.4 is 9.21 Å². The molecule has 0 spiro atoms. The molecule has 0 N–H and O–H groups in total. The number of carbonyl (C=O) groups is 1. The minimum absolute atomic E-state index is 0.201. The molecule has 3 aromatic rings. The Morgan fingerprint density at radius 2 is 1.67 bits per heavy atom. The molecule has 1 atom stereocenters. The first-order valence-electron chi connectivity index (χ1n) is 8.95. The number of benzene rings is 3. The number of carbonyl (C=O) groups excluding carboxylic acids is 1. The molecule has 0 saturated heterocycles. The molecule has 0 aromatic heterocycles. The van der Waals surface area contributed by atoms with Crippen molar-refractivity contribution in [1.82, 2.24) is 0 Å². The maximum atomic E-state index is 13.3. The van der Waals surface area contributed by atoms with E-state index in [9.17, 15) is 13.2 Å². The Balaban J connectivity index is 1.60. The highest BCUT2D eigenvalue weighted by molar-refractivity contribution is 7.93. The molecule has 5 nitrogen and oxygen atoms in total. The van der Waals surface area contributed by atoms with Gasteiger partial charge in [0.05, 0.1) is 10.6 Å². The van der Waals surface area contributed by atoms with Crippen LogP contribution in [-0.4, -0.2) is 26.9 Å². The van der Waals surface area contributed by atoms with Crippen molar-refractivity contribution in [2.24, 2.45) is 0 Å². The van der Waals surface area contributed by atoms with Gasteiger partial charge in [-0.1, -0.05) is 42.5 Å². The molecule has 0 unspecified atom stereocenters. The summed E-state index contributed by atoms with van der Waals surface area (Å²) in [5, 5.41) is 1.56. The summed E-state index contributed by atoms with van der Waals surface area (Å²) in [6, 6.07) is 17.7. The van der Waals surface area contributed by atoms with Crippen LogP contribution in [0.4, 0.5) is 11.4 Å². The largest absolute Gasteiger partial charge is 0.310 e. The van der Waals surface area contributed by atoms with E-state index in [1.807, 2.05) is 42.5 Å². The third-order valence-electron chi connectivity index (χ3n) is 5.48. The number of fused-ring (bicyclic) bond motifs is 1. The Morgan fingerprint density at radius 3 is 2.48 bits per heavy atom. The van der Waals surface area contributed by atoms with Crippen molar-refractivity contribution in [2.45, 2.75) is 24.3 Å². The standard InChI is InChI=1S/C21H18N2O3S/c1-14(21(24)22-13-12-15-6-2-3-9-17(15)22)23-18-10-4-7-16-8-5-11-19(20(16)18)27(23,25)26/h2-11,14H,12-13H2,1H3/t14-/m1/s1. The molecule has 0 aliphatic carbocycles. The van der Waals surface area contributed by atoms with E-state index in [2.05, 4.69) is 0 Å². The van der Waals surface area contributed by atoms with Crippen LogP contribution in [-0.2, 0) is 21.2 Å². The number of amides is 1. The molecule has 2 aliphatic rings. The lowest BCUT2D eigenvalue weighted by Gasteiger charge is -2.29. The van der Waals surface area contributed by atoms with Crippen LogP contribution in [0.1, 0.15) is 12.5 Å². The highest BCUT2D eigenvalue weighted by atomic mass is 32.2. The average molecular weight is 378 g/mol. The molecule has 0 radical (unpaired) electrons. The van der Waals surface area contributed by atoms with Crippen LogP contribution in [0.5, 0.6) is 0 Å². The second-order valence-corrected chi connectivity index (χ2v) is 8.76. The van der Waals surface area contributed by atoms with Gasteiger partial charge < -0.3 is 4.90 Å². The van der Waals surface area contributed by atoms with Crippen LogP contribution >= 0.6 is 0 Å². The zero-order chi connectivity index (χ0) is 18.8. The molecule has 27 heavy (non-hydrogen) atoms. The predicted molar refractivity (Wildman–Crippen MR) is 106 cm³/mol. The van der Waals surface area contributed by atoms with Gasteiger partial charge in [-0.05, 0) is 42.5 Å². The van der Waals surface area contributed by atoms with Gasteiger partial charge in [0.1, 0.15) is 6.04 Å². The fourth-order valence-electron chi connectivity index (χ4n) is 4.23. The highest BCUT2D eigenvalue weighted by Gasteiger charge is 2.42. The molecule has 0 fully saturated rings. The van der Waals surface area contributed by atoms with Crippen molar-refractivity contribution >= 4 is 38.1 Å². The molecule has 136 valence electrons. The first-order chi connectivity index (χ1) is 13.0. The van der Waals surface area contributed by atoms with E-state index in [0.717, 1.165) is 23.1 Å². The number of hydrogen-bond acceptors (Lipinski definition) is 3. The van der Waals surface area contributed by atoms with E-state index in [1.165, 1.54) is 4.31 Å². The van der Waals surface area contributed by atoms with Gasteiger partial charge in [0.15, 0.2) is 0 Å². The number of hydrogen-bond donors (Lipinski definition) is 0. The summed E-state index contributed by atoms with van der Waals surface area (Å²) in [6.07, 6.45) is 0.789. The molecule has 5 rings (SSSR count). The first kappa shape index (κ1) is 16.3. The minimum Gasteiger partial charge on any atom is -0.310 e. The lowest BCUT2D eigenvalue weighted by Crippen LogP contribution is -2.48. The number of sulfonamides is 1. The maximum absolute atomic E-state index is 13.3. The molecule has 6 heteroatoms. The van der Waals surface area contributed by atoms with Crippen molar-refractivity contribution in [3.8, 4) is 0 Å². The van der Waals surface area contributed by atoms with Crippen LogP contribution in [0.25, 0.3) is 10.8 Å². The molecule has 0 saturated carbocycles. The fourth-order valence-corrected chi connectivity index (χ4v) is 6.09. The molecular weight excluding hydrogens is 360 g/mol. The summed E-state index contributed by atoms with van der Waals surface area (Å²) in [5.74, 6) is -0.201. The van der Waals surface area contributed by atoms with Gasteiger partial charge in [-0.15, -0.1) is 0 Å². The second kappa shape index (κ2) is 5.57. The summed E-state index contributed by atoms with van der Waals surface area (Å²) in [4.78, 5) is 15.3. The van der Waals surface area contributed by atoms with Crippen LogP contribution in [0, 0.1) is 0 Å². The van der Waals surface area contributed by atoms with Crippen LogP contribution in [0.3, 0.4) is 0 Å². The van der Waals surface area contributed by atoms with E-state index in [0.29, 0.717) is 17.6 Å². The van der Waals surface area contributed by atoms with Crippen molar-refractivity contribution in [1.29, 1.82) is 0 Å². The number of rotatable bonds is 2. The Kier molecular flexibility index (Phi) is 3.37. The summed E-state index contributed by atoms with van der Waals surface area (Å²) >= 11 is 0. The minimum atomic E-state index is -3.76. The molecule has 0 bridgehead atoms. The number of nitrogens with zero attached hydrogens (tertiary/aromatic N) is 2. The maximum Gasteiger partial charge on any atom is 0.265 e. The normalized spacial score (nSPS) is 18.0. The van der Waals surface area contributed by atoms with Gasteiger partial charge >= 0.3 is 0 Å². The Morgan fingerprint density at radius 1 is 0.963 bits per heavy atom. The van der Waals surface area contributed by atoms with Crippen molar-refractivity contribution in [3.05, 3.63) is 66.2 Å². The molecule has 3 aromatic carbocycles. The zero-order valence-corrected chi connectivity index (χ0v) is 15.6. The second-order valence-electron chi connectivity index (χ2n) is 6.98. The molecular formula is C21H18N2O3S. The smallest absolute Gasteiger partial charge is 0.265 e. The Bertz CT molecular complexity index is 1200. The monoisotopic (exact) mass is 378 g/mol. The highest BCUT2D eigenvalue weighted by Crippen LogP contribution is 2.43. The lowest BCUT2D eigenvalue weighted by atomic mass is 10.1. The Labute approximate surface area is 157 Å². The first-order valence-corrected chi connectivity index (χ1v) is 10.4. The van der Waals surface area contributed by atoms with Gasteiger partial charge in [-0.2, -0.15) is 0 Å². The van der Waals surface area contributed by atoms with Gasteiger partial charge in [0, 0.05) is 17.6 Å². The molecule has 2 heterocycles. The van der Waals surface area contributed by atoms with Crippen molar-refractivity contribution in [2.75, 3.05) is 15.7 Å².